The van der Waals surface area contributed by atoms with Gasteiger partial charge in [0.1, 0.15) is 0 Å². The molecule has 0 fully saturated rings. The second kappa shape index (κ2) is 9.87. The summed E-state index contributed by atoms with van der Waals surface area (Å²) in [7, 11) is 0. The topological polar surface area (TPSA) is 0 Å². The minimum atomic E-state index is -2.25. The van der Waals surface area contributed by atoms with Gasteiger partial charge in [0.15, 0.2) is 0 Å². The summed E-state index contributed by atoms with van der Waals surface area (Å²) in [6.07, 6.45) is 4.74. The van der Waals surface area contributed by atoms with E-state index < -0.39 is 21.3 Å². The standard InChI is InChI=1S/C17H11.C13H9.C3H6.2ClH.Zr/c1-2-6-15-12(4-1)8-10-14-11-9-13-5-3-7-16(13)17(14)15;1-3-7-12-10(5-1)9-11-6-2-4-8-13(11)12;1-3-2;;;/h1-4,6,8-11H,7H2;1-5,7-8H,9H2;1-2H3;2*1H;/q;;;;;+2/p-2. The van der Waals surface area contributed by atoms with Crippen molar-refractivity contribution in [1.29, 1.82) is 0 Å². The Balaban J connectivity index is 0.00000133. The Labute approximate surface area is 233 Å². The SMILES string of the molecule is C[C](C)=[Zr+2]([C]1=CCc2c1ccc1ccc3ccccc3c21)[c]1cccc2c1Cc1ccccc1-2.[Cl-].[Cl-]. The molecule has 0 unspecified atom stereocenters. The van der Waals surface area contributed by atoms with Crippen molar-refractivity contribution >= 4 is 31.3 Å². The van der Waals surface area contributed by atoms with E-state index in [9.17, 15) is 0 Å². The van der Waals surface area contributed by atoms with Gasteiger partial charge in [-0.25, -0.2) is 0 Å². The second-order valence-electron chi connectivity index (χ2n) is 9.84. The Morgan fingerprint density at radius 1 is 0.639 bits per heavy atom. The Hall–Kier alpha value is -2.31. The third kappa shape index (κ3) is 3.80. The van der Waals surface area contributed by atoms with Crippen LogP contribution >= 0.6 is 0 Å². The number of fused-ring (bicyclic) bond motifs is 8. The van der Waals surface area contributed by atoms with Gasteiger partial charge in [-0.2, -0.15) is 0 Å². The average Bonchev–Trinajstić information content (AvgIpc) is 3.46. The van der Waals surface area contributed by atoms with Gasteiger partial charge in [0.25, 0.3) is 0 Å². The molecule has 2 aliphatic rings. The van der Waals surface area contributed by atoms with Crippen LogP contribution < -0.4 is 28.1 Å². The summed E-state index contributed by atoms with van der Waals surface area (Å²) in [5.41, 5.74) is 9.05. The molecule has 0 bridgehead atoms. The second-order valence-corrected chi connectivity index (χ2v) is 16.8. The van der Waals surface area contributed by atoms with Gasteiger partial charge in [-0.15, -0.1) is 0 Å². The largest absolute Gasteiger partial charge is 1.00 e. The van der Waals surface area contributed by atoms with Crippen molar-refractivity contribution in [3.63, 3.8) is 0 Å². The molecule has 5 aromatic rings. The van der Waals surface area contributed by atoms with Crippen LogP contribution in [-0.2, 0) is 34.1 Å². The van der Waals surface area contributed by atoms with E-state index in [4.69, 9.17) is 0 Å². The van der Waals surface area contributed by atoms with E-state index in [2.05, 4.69) is 111 Å². The molecule has 0 N–H and O–H groups in total. The predicted molar refractivity (Wildman–Crippen MR) is 144 cm³/mol. The van der Waals surface area contributed by atoms with Gasteiger partial charge >= 0.3 is 210 Å². The van der Waals surface area contributed by atoms with Gasteiger partial charge in [-0.05, 0) is 0 Å². The van der Waals surface area contributed by atoms with Gasteiger partial charge in [-0.1, -0.05) is 0 Å². The van der Waals surface area contributed by atoms with Crippen LogP contribution in [0.5, 0.6) is 0 Å². The number of halogens is 2. The molecule has 5 aromatic carbocycles. The minimum Gasteiger partial charge on any atom is -1.00 e. The fourth-order valence-electron chi connectivity index (χ4n) is 6.26. The quantitative estimate of drug-likeness (QED) is 0.272. The molecule has 0 amide bonds. The molecule has 0 aliphatic heterocycles. The first-order chi connectivity index (χ1) is 16.7. The smallest absolute Gasteiger partial charge is 1.00 e. The van der Waals surface area contributed by atoms with Crippen LogP contribution in [0, 0.1) is 0 Å². The molecular formula is C33H26Cl2Zr. The first-order valence-electron chi connectivity index (χ1n) is 12.2. The van der Waals surface area contributed by atoms with Gasteiger partial charge < -0.3 is 24.8 Å². The molecule has 7 rings (SSSR count). The maximum atomic E-state index is 2.59. The first-order valence-corrected chi connectivity index (χ1v) is 15.9. The molecular weight excluding hydrogens is 558 g/mol. The number of hydrogen-bond acceptors (Lipinski definition) is 0. The normalized spacial score (nSPS) is 12.5. The van der Waals surface area contributed by atoms with Crippen molar-refractivity contribution in [2.24, 2.45) is 0 Å². The van der Waals surface area contributed by atoms with Gasteiger partial charge in [0.05, 0.1) is 0 Å². The average molecular weight is 585 g/mol. The molecule has 176 valence electrons. The molecule has 36 heavy (non-hydrogen) atoms. The minimum absolute atomic E-state index is 0. The number of benzene rings is 5. The van der Waals surface area contributed by atoms with Gasteiger partial charge in [-0.3, -0.25) is 0 Å². The third-order valence-corrected chi connectivity index (χ3v) is 15.1. The van der Waals surface area contributed by atoms with Crippen molar-refractivity contribution in [2.75, 3.05) is 0 Å². The zero-order valence-corrected chi connectivity index (χ0v) is 24.4. The van der Waals surface area contributed by atoms with Crippen LogP contribution in [0.15, 0.2) is 97.1 Å². The fourth-order valence-corrected chi connectivity index (χ4v) is 13.6. The molecule has 2 aliphatic carbocycles. The molecule has 0 nitrogen and oxygen atoms in total. The van der Waals surface area contributed by atoms with Crippen LogP contribution in [0.25, 0.3) is 36.0 Å². The molecule has 0 aromatic heterocycles. The zero-order valence-electron chi connectivity index (χ0n) is 20.4. The van der Waals surface area contributed by atoms with Gasteiger partial charge in [0.2, 0.25) is 0 Å². The first kappa shape index (κ1) is 25.3. The maximum Gasteiger partial charge on any atom is -1.00 e. The van der Waals surface area contributed by atoms with Crippen LogP contribution in [0.4, 0.5) is 0 Å². The Morgan fingerprint density at radius 2 is 1.36 bits per heavy atom. The van der Waals surface area contributed by atoms with E-state index in [0.717, 1.165) is 12.8 Å². The van der Waals surface area contributed by atoms with Crippen molar-refractivity contribution in [3.8, 4) is 11.1 Å². The van der Waals surface area contributed by atoms with Crippen LogP contribution in [0.1, 0.15) is 36.1 Å². The van der Waals surface area contributed by atoms with Crippen LogP contribution in [0.3, 0.4) is 0 Å². The Morgan fingerprint density at radius 3 is 2.22 bits per heavy atom. The Kier molecular flexibility index (Phi) is 6.95. The van der Waals surface area contributed by atoms with E-state index in [-0.39, 0.29) is 24.8 Å². The van der Waals surface area contributed by atoms with Crippen molar-refractivity contribution in [1.82, 2.24) is 0 Å². The molecule has 0 spiro atoms. The van der Waals surface area contributed by atoms with E-state index in [0.29, 0.717) is 0 Å². The molecule has 0 heterocycles. The molecule has 0 atom stereocenters. The summed E-state index contributed by atoms with van der Waals surface area (Å²) < 4.78 is 5.01. The molecule has 0 saturated heterocycles. The molecule has 0 saturated carbocycles. The number of rotatable bonds is 2. The molecule has 3 heteroatoms. The summed E-state index contributed by atoms with van der Waals surface area (Å²) in [5.74, 6) is 0. The van der Waals surface area contributed by atoms with E-state index in [1.807, 2.05) is 0 Å². The van der Waals surface area contributed by atoms with Crippen molar-refractivity contribution in [3.05, 3.63) is 119 Å². The molecule has 0 radical (unpaired) electrons. The fraction of sp³-hybridized carbons (Fsp3) is 0.121. The van der Waals surface area contributed by atoms with E-state index >= 15 is 0 Å². The summed E-state index contributed by atoms with van der Waals surface area (Å²) in [4.78, 5) is 0. The summed E-state index contributed by atoms with van der Waals surface area (Å²) in [6, 6.07) is 34.3. The monoisotopic (exact) mass is 582 g/mol. The summed E-state index contributed by atoms with van der Waals surface area (Å²) in [5, 5.41) is 5.56. The van der Waals surface area contributed by atoms with Crippen molar-refractivity contribution in [2.45, 2.75) is 26.7 Å². The zero-order chi connectivity index (χ0) is 22.8. The van der Waals surface area contributed by atoms with Crippen molar-refractivity contribution < 1.29 is 46.1 Å². The van der Waals surface area contributed by atoms with Gasteiger partial charge in [0, 0.05) is 0 Å². The summed E-state index contributed by atoms with van der Waals surface area (Å²) in [6.45, 7) is 4.79. The number of allylic oxidation sites excluding steroid dienone is 1. The van der Waals surface area contributed by atoms with Crippen LogP contribution in [-0.4, -0.2) is 3.21 Å². The predicted octanol–water partition coefficient (Wildman–Crippen LogP) is 1.63. The third-order valence-electron chi connectivity index (χ3n) is 7.71. The maximum absolute atomic E-state index is 2.59. The Bertz CT molecular complexity index is 1720. The van der Waals surface area contributed by atoms with E-state index in [1.54, 1.807) is 20.9 Å². The summed E-state index contributed by atoms with van der Waals surface area (Å²) >= 11 is -2.25. The van der Waals surface area contributed by atoms with E-state index in [1.165, 1.54) is 43.8 Å². The number of hydrogen-bond donors (Lipinski definition) is 0. The van der Waals surface area contributed by atoms with Crippen LogP contribution in [0.2, 0.25) is 0 Å².